The third-order valence-corrected chi connectivity index (χ3v) is 3.11. The van der Waals surface area contributed by atoms with Crippen molar-refractivity contribution in [1.82, 2.24) is 5.32 Å². The lowest BCUT2D eigenvalue weighted by Crippen LogP contribution is -2.30. The van der Waals surface area contributed by atoms with Gasteiger partial charge in [0.1, 0.15) is 0 Å². The molecule has 0 heterocycles. The Balaban J connectivity index is 1.95. The Bertz CT molecular complexity index is 188. The molecular formula is C11H20F3NO. The van der Waals surface area contributed by atoms with Gasteiger partial charge in [0.2, 0.25) is 0 Å². The van der Waals surface area contributed by atoms with Gasteiger partial charge in [-0.3, -0.25) is 4.74 Å². The predicted octanol–water partition coefficient (Wildman–Crippen LogP) is 2.94. The first kappa shape index (κ1) is 13.8. The van der Waals surface area contributed by atoms with Gasteiger partial charge in [0.15, 0.2) is 0 Å². The molecule has 0 saturated heterocycles. The summed E-state index contributed by atoms with van der Waals surface area (Å²) >= 11 is 0. The van der Waals surface area contributed by atoms with E-state index in [1.165, 1.54) is 25.7 Å². The van der Waals surface area contributed by atoms with E-state index in [4.69, 9.17) is 0 Å². The Labute approximate surface area is 94.5 Å². The van der Waals surface area contributed by atoms with Gasteiger partial charge in [-0.05, 0) is 31.2 Å². The van der Waals surface area contributed by atoms with Gasteiger partial charge in [-0.2, -0.15) is 0 Å². The van der Waals surface area contributed by atoms with Crippen LogP contribution in [-0.4, -0.2) is 26.1 Å². The second-order valence-corrected chi connectivity index (χ2v) is 4.62. The Morgan fingerprint density at radius 1 is 1.19 bits per heavy atom. The quantitative estimate of drug-likeness (QED) is 0.745. The Morgan fingerprint density at radius 3 is 2.38 bits per heavy atom. The summed E-state index contributed by atoms with van der Waals surface area (Å²) in [4.78, 5) is 0. The van der Waals surface area contributed by atoms with E-state index in [9.17, 15) is 13.2 Å². The van der Waals surface area contributed by atoms with Gasteiger partial charge in [0.05, 0.1) is 6.61 Å². The number of hydrogen-bond donors (Lipinski definition) is 1. The molecule has 1 aliphatic rings. The number of hydrogen-bond acceptors (Lipinski definition) is 2. The van der Waals surface area contributed by atoms with E-state index in [1.54, 1.807) is 0 Å². The van der Waals surface area contributed by atoms with Crippen molar-refractivity contribution in [3.8, 4) is 0 Å². The first-order valence-corrected chi connectivity index (χ1v) is 5.89. The normalized spacial score (nSPS) is 27.0. The van der Waals surface area contributed by atoms with Crippen molar-refractivity contribution >= 4 is 0 Å². The third kappa shape index (κ3) is 6.33. The Kier molecular flexibility index (Phi) is 5.55. The van der Waals surface area contributed by atoms with Crippen LogP contribution in [0.1, 0.15) is 32.6 Å². The van der Waals surface area contributed by atoms with Crippen LogP contribution in [0, 0.1) is 11.8 Å². The lowest BCUT2D eigenvalue weighted by molar-refractivity contribution is -0.323. The van der Waals surface area contributed by atoms with Gasteiger partial charge in [0, 0.05) is 6.54 Å². The number of alkyl halides is 3. The maximum Gasteiger partial charge on any atom is 0.522 e. The molecule has 0 aromatic rings. The summed E-state index contributed by atoms with van der Waals surface area (Å²) in [5.74, 6) is 1.44. The summed E-state index contributed by atoms with van der Waals surface area (Å²) in [7, 11) is 0. The monoisotopic (exact) mass is 239 g/mol. The lowest BCUT2D eigenvalue weighted by atomic mass is 9.83. The molecule has 1 fully saturated rings. The smallest absolute Gasteiger partial charge is 0.314 e. The SMILES string of the molecule is CC1CCC(CNCCOC(F)(F)F)CC1. The zero-order chi connectivity index (χ0) is 12.0. The molecule has 0 amide bonds. The topological polar surface area (TPSA) is 21.3 Å². The van der Waals surface area contributed by atoms with Crippen molar-refractivity contribution in [3.05, 3.63) is 0 Å². The van der Waals surface area contributed by atoms with Crippen LogP contribution in [0.3, 0.4) is 0 Å². The summed E-state index contributed by atoms with van der Waals surface area (Å²) in [6.45, 7) is 3.03. The molecule has 0 radical (unpaired) electrons. The Hall–Kier alpha value is -0.290. The molecule has 0 spiro atoms. The average molecular weight is 239 g/mol. The zero-order valence-electron chi connectivity index (χ0n) is 9.65. The average Bonchev–Trinajstić information content (AvgIpc) is 2.19. The van der Waals surface area contributed by atoms with Crippen molar-refractivity contribution in [2.45, 2.75) is 39.0 Å². The van der Waals surface area contributed by atoms with E-state index in [0.717, 1.165) is 12.5 Å². The Morgan fingerprint density at radius 2 is 1.81 bits per heavy atom. The number of ether oxygens (including phenoxy) is 1. The molecule has 1 aliphatic carbocycles. The van der Waals surface area contributed by atoms with Crippen LogP contribution in [0.4, 0.5) is 13.2 Å². The molecule has 5 heteroatoms. The first-order valence-electron chi connectivity index (χ1n) is 5.89. The molecule has 0 aliphatic heterocycles. The van der Waals surface area contributed by atoms with E-state index in [-0.39, 0.29) is 13.2 Å². The van der Waals surface area contributed by atoms with Gasteiger partial charge in [-0.15, -0.1) is 13.2 Å². The number of halogens is 3. The van der Waals surface area contributed by atoms with Crippen LogP contribution in [0.5, 0.6) is 0 Å². The van der Waals surface area contributed by atoms with Gasteiger partial charge in [0.25, 0.3) is 0 Å². The van der Waals surface area contributed by atoms with Crippen molar-refractivity contribution in [1.29, 1.82) is 0 Å². The van der Waals surface area contributed by atoms with E-state index in [2.05, 4.69) is 17.0 Å². The van der Waals surface area contributed by atoms with Crippen LogP contribution in [-0.2, 0) is 4.74 Å². The van der Waals surface area contributed by atoms with Gasteiger partial charge < -0.3 is 5.32 Å². The molecule has 0 bridgehead atoms. The molecule has 0 unspecified atom stereocenters. The van der Waals surface area contributed by atoms with Gasteiger partial charge in [-0.1, -0.05) is 19.8 Å². The predicted molar refractivity (Wildman–Crippen MR) is 56.0 cm³/mol. The molecule has 1 saturated carbocycles. The summed E-state index contributed by atoms with van der Waals surface area (Å²) in [5, 5.41) is 3.02. The van der Waals surface area contributed by atoms with E-state index < -0.39 is 6.36 Å². The van der Waals surface area contributed by atoms with Crippen molar-refractivity contribution < 1.29 is 17.9 Å². The summed E-state index contributed by atoms with van der Waals surface area (Å²) in [5.41, 5.74) is 0. The first-order chi connectivity index (χ1) is 7.47. The van der Waals surface area contributed by atoms with E-state index >= 15 is 0 Å². The number of nitrogens with one attached hydrogen (secondary N) is 1. The zero-order valence-corrected chi connectivity index (χ0v) is 9.65. The minimum Gasteiger partial charge on any atom is -0.314 e. The fourth-order valence-corrected chi connectivity index (χ4v) is 2.08. The number of rotatable bonds is 5. The lowest BCUT2D eigenvalue weighted by Gasteiger charge is -2.26. The van der Waals surface area contributed by atoms with Crippen LogP contribution >= 0.6 is 0 Å². The second kappa shape index (κ2) is 6.45. The largest absolute Gasteiger partial charge is 0.522 e. The molecule has 2 nitrogen and oxygen atoms in total. The fourth-order valence-electron chi connectivity index (χ4n) is 2.08. The third-order valence-electron chi connectivity index (χ3n) is 3.11. The van der Waals surface area contributed by atoms with Crippen LogP contribution in [0.15, 0.2) is 0 Å². The molecule has 16 heavy (non-hydrogen) atoms. The van der Waals surface area contributed by atoms with Gasteiger partial charge >= 0.3 is 6.36 Å². The second-order valence-electron chi connectivity index (χ2n) is 4.62. The molecule has 0 atom stereocenters. The summed E-state index contributed by atoms with van der Waals surface area (Å²) in [6, 6.07) is 0. The molecule has 1 rings (SSSR count). The van der Waals surface area contributed by atoms with E-state index in [1.807, 2.05) is 0 Å². The molecule has 1 N–H and O–H groups in total. The minimum atomic E-state index is -4.50. The van der Waals surface area contributed by atoms with Gasteiger partial charge in [-0.25, -0.2) is 0 Å². The van der Waals surface area contributed by atoms with Crippen molar-refractivity contribution in [2.75, 3.05) is 19.7 Å². The molecular weight excluding hydrogens is 219 g/mol. The van der Waals surface area contributed by atoms with E-state index in [0.29, 0.717) is 5.92 Å². The highest BCUT2D eigenvalue weighted by molar-refractivity contribution is 4.71. The maximum atomic E-state index is 11.6. The molecule has 0 aromatic carbocycles. The maximum absolute atomic E-state index is 11.6. The fraction of sp³-hybridized carbons (Fsp3) is 1.00. The highest BCUT2D eigenvalue weighted by Crippen LogP contribution is 2.27. The van der Waals surface area contributed by atoms with Crippen molar-refractivity contribution in [2.24, 2.45) is 11.8 Å². The summed E-state index contributed by atoms with van der Waals surface area (Å²) in [6.07, 6.45) is 0.362. The standard InChI is InChI=1S/C11H20F3NO/c1-9-2-4-10(5-3-9)8-15-6-7-16-11(12,13)14/h9-10,15H,2-8H2,1H3. The minimum absolute atomic E-state index is 0.269. The highest BCUT2D eigenvalue weighted by atomic mass is 19.4. The van der Waals surface area contributed by atoms with Crippen molar-refractivity contribution in [3.63, 3.8) is 0 Å². The summed E-state index contributed by atoms with van der Waals surface area (Å²) < 4.78 is 38.6. The molecule has 96 valence electrons. The van der Waals surface area contributed by atoms with Crippen LogP contribution < -0.4 is 5.32 Å². The van der Waals surface area contributed by atoms with Crippen LogP contribution in [0.2, 0.25) is 0 Å². The highest BCUT2D eigenvalue weighted by Gasteiger charge is 2.28. The molecule has 0 aromatic heterocycles. The van der Waals surface area contributed by atoms with Crippen LogP contribution in [0.25, 0.3) is 0 Å².